The molecule has 0 radical (unpaired) electrons. The number of benzene rings is 4. The summed E-state index contributed by atoms with van der Waals surface area (Å²) in [4.78, 5) is 24.0. The molecule has 2 amide bonds. The fourth-order valence-corrected chi connectivity index (χ4v) is 4.62. The molecular formula is C30H25N3O5. The molecule has 4 aromatic carbocycles. The van der Waals surface area contributed by atoms with Gasteiger partial charge in [-0.15, -0.1) is 0 Å². The van der Waals surface area contributed by atoms with Gasteiger partial charge in [-0.3, -0.25) is 10.1 Å². The van der Waals surface area contributed by atoms with Gasteiger partial charge in [0.05, 0.1) is 23.3 Å². The number of carbonyl (C=O) groups excluding carboxylic acids is 1. The number of hydrogen-bond donors (Lipinski definition) is 3. The van der Waals surface area contributed by atoms with Crippen LogP contribution in [0.4, 0.5) is 10.5 Å². The molecule has 0 aliphatic carbocycles. The molecule has 1 aliphatic rings. The van der Waals surface area contributed by atoms with Gasteiger partial charge < -0.3 is 20.5 Å². The minimum atomic E-state index is -0.756. The number of urea groups is 1. The lowest BCUT2D eigenvalue weighted by Crippen LogP contribution is -2.43. The van der Waals surface area contributed by atoms with Gasteiger partial charge in [0.25, 0.3) is 0 Å². The van der Waals surface area contributed by atoms with E-state index in [2.05, 4.69) is 10.6 Å². The van der Waals surface area contributed by atoms with Crippen LogP contribution in [0.2, 0.25) is 0 Å². The zero-order chi connectivity index (χ0) is 26.6. The molecule has 8 nitrogen and oxygen atoms in total. The molecule has 38 heavy (non-hydrogen) atoms. The van der Waals surface area contributed by atoms with E-state index in [1.807, 2.05) is 84.9 Å². The molecule has 0 saturated carbocycles. The highest BCUT2D eigenvalue weighted by Gasteiger charge is 2.33. The van der Waals surface area contributed by atoms with Crippen molar-refractivity contribution >= 4 is 23.0 Å². The third kappa shape index (κ3) is 4.79. The number of rotatable bonds is 7. The first-order chi connectivity index (χ1) is 18.5. The molecule has 4 aromatic rings. The molecule has 1 atom stereocenters. The summed E-state index contributed by atoms with van der Waals surface area (Å²) in [7, 11) is 0. The number of ether oxygens (including phenoxy) is 1. The highest BCUT2D eigenvalue weighted by molar-refractivity contribution is 6.03. The van der Waals surface area contributed by atoms with Crippen molar-refractivity contribution in [3.8, 4) is 22.6 Å². The summed E-state index contributed by atoms with van der Waals surface area (Å²) in [6.45, 7) is 1.92. The number of nitro groups is 1. The van der Waals surface area contributed by atoms with Gasteiger partial charge >= 0.3 is 11.7 Å². The summed E-state index contributed by atoms with van der Waals surface area (Å²) in [6.07, 6.45) is 0. The van der Waals surface area contributed by atoms with E-state index in [0.717, 1.165) is 27.8 Å². The highest BCUT2D eigenvalue weighted by atomic mass is 16.6. The van der Waals surface area contributed by atoms with Crippen LogP contribution in [0.3, 0.4) is 0 Å². The van der Waals surface area contributed by atoms with Crippen LogP contribution in [0.1, 0.15) is 29.7 Å². The Balaban J connectivity index is 1.69. The Bertz CT molecular complexity index is 1520. The average molecular weight is 508 g/mol. The first-order valence-electron chi connectivity index (χ1n) is 12.1. The van der Waals surface area contributed by atoms with Gasteiger partial charge in [-0.05, 0) is 40.8 Å². The van der Waals surface area contributed by atoms with E-state index in [9.17, 15) is 20.0 Å². The number of aromatic hydroxyl groups is 1. The lowest BCUT2D eigenvalue weighted by Gasteiger charge is -2.31. The zero-order valence-electron chi connectivity index (χ0n) is 20.5. The molecule has 1 unspecified atom stereocenters. The molecule has 0 aromatic heterocycles. The predicted octanol–water partition coefficient (Wildman–Crippen LogP) is 6.29. The second-order valence-electron chi connectivity index (χ2n) is 8.71. The number of phenolic OH excluding ortho intramolecular Hbond substituents is 1. The van der Waals surface area contributed by atoms with E-state index in [1.54, 1.807) is 6.92 Å². The summed E-state index contributed by atoms with van der Waals surface area (Å²) in [6, 6.07) is 28.9. The highest BCUT2D eigenvalue weighted by Crippen LogP contribution is 2.44. The van der Waals surface area contributed by atoms with E-state index in [1.165, 1.54) is 12.1 Å². The van der Waals surface area contributed by atoms with Gasteiger partial charge in [0.15, 0.2) is 5.75 Å². The number of amides is 2. The van der Waals surface area contributed by atoms with Crippen molar-refractivity contribution < 1.29 is 19.6 Å². The molecular weight excluding hydrogens is 482 g/mol. The van der Waals surface area contributed by atoms with Crippen molar-refractivity contribution in [2.75, 3.05) is 6.61 Å². The van der Waals surface area contributed by atoms with E-state index in [-0.39, 0.29) is 12.4 Å². The van der Waals surface area contributed by atoms with Crippen LogP contribution in [0.15, 0.2) is 97.1 Å². The van der Waals surface area contributed by atoms with Crippen LogP contribution in [0.25, 0.3) is 22.4 Å². The Hall–Kier alpha value is -5.11. The summed E-state index contributed by atoms with van der Waals surface area (Å²) in [5, 5.41) is 28.0. The minimum Gasteiger partial charge on any atom is -0.500 e. The number of nitro benzene ring substituents is 1. The van der Waals surface area contributed by atoms with Crippen molar-refractivity contribution in [1.29, 1.82) is 0 Å². The van der Waals surface area contributed by atoms with Crippen LogP contribution in [-0.2, 0) is 0 Å². The van der Waals surface area contributed by atoms with Crippen LogP contribution >= 0.6 is 0 Å². The Labute approximate surface area is 219 Å². The van der Waals surface area contributed by atoms with Gasteiger partial charge in [0, 0.05) is 11.6 Å². The predicted molar refractivity (Wildman–Crippen MR) is 145 cm³/mol. The molecule has 3 N–H and O–H groups in total. The van der Waals surface area contributed by atoms with Crippen LogP contribution in [0.5, 0.6) is 11.5 Å². The van der Waals surface area contributed by atoms with E-state index in [4.69, 9.17) is 4.74 Å². The Morgan fingerprint density at radius 2 is 1.45 bits per heavy atom. The van der Waals surface area contributed by atoms with Gasteiger partial charge in [0.1, 0.15) is 0 Å². The van der Waals surface area contributed by atoms with E-state index < -0.39 is 28.4 Å². The van der Waals surface area contributed by atoms with Gasteiger partial charge in [-0.2, -0.15) is 0 Å². The normalized spacial score (nSPS) is 15.0. The molecule has 0 spiro atoms. The molecule has 5 rings (SSSR count). The van der Waals surface area contributed by atoms with Crippen molar-refractivity contribution in [3.63, 3.8) is 0 Å². The minimum absolute atomic E-state index is 0.0225. The first-order valence-corrected chi connectivity index (χ1v) is 12.1. The lowest BCUT2D eigenvalue weighted by atomic mass is 9.87. The number of phenols is 1. The summed E-state index contributed by atoms with van der Waals surface area (Å²) >= 11 is 0. The maximum Gasteiger partial charge on any atom is 0.320 e. The number of nitrogens with zero attached hydrogens (tertiary/aromatic N) is 1. The fraction of sp³-hybridized carbons (Fsp3) is 0.100. The van der Waals surface area contributed by atoms with E-state index in [0.29, 0.717) is 11.3 Å². The molecule has 8 heteroatoms. The number of carbonyl (C=O) groups is 1. The zero-order valence-corrected chi connectivity index (χ0v) is 20.5. The molecule has 0 bridgehead atoms. The maximum absolute atomic E-state index is 12.9. The van der Waals surface area contributed by atoms with Gasteiger partial charge in [0.2, 0.25) is 5.75 Å². The molecule has 0 fully saturated rings. The second kappa shape index (κ2) is 10.5. The lowest BCUT2D eigenvalue weighted by molar-refractivity contribution is -0.386. The van der Waals surface area contributed by atoms with Crippen molar-refractivity contribution in [3.05, 3.63) is 124 Å². The standard InChI is InChI=1S/C30H25N3O5/c1-2-38-25-18-23(17-24(29(25)34)33(36)37)28-26(21-11-7-4-8-12-21)27(31-30(35)32-28)22-15-13-20(14-16-22)19-9-5-3-6-10-19/h3-18,28,34H,2H2,1H3,(H2,31,32,35). The second-order valence-corrected chi connectivity index (χ2v) is 8.71. The maximum atomic E-state index is 12.9. The SMILES string of the molecule is CCOc1cc(C2NC(=O)NC(c3ccc(-c4ccccc4)cc3)=C2c2ccccc2)cc([N+](=O)[O-])c1O. The summed E-state index contributed by atoms with van der Waals surface area (Å²) < 4.78 is 5.49. The van der Waals surface area contributed by atoms with Crippen LogP contribution in [0, 0.1) is 10.1 Å². The summed E-state index contributed by atoms with van der Waals surface area (Å²) in [5.74, 6) is -0.575. The molecule has 1 heterocycles. The van der Waals surface area contributed by atoms with E-state index >= 15 is 0 Å². The topological polar surface area (TPSA) is 114 Å². The molecule has 0 saturated heterocycles. The third-order valence-electron chi connectivity index (χ3n) is 6.34. The van der Waals surface area contributed by atoms with Crippen molar-refractivity contribution in [2.45, 2.75) is 13.0 Å². The van der Waals surface area contributed by atoms with Gasteiger partial charge in [-0.1, -0.05) is 84.9 Å². The third-order valence-corrected chi connectivity index (χ3v) is 6.34. The fourth-order valence-electron chi connectivity index (χ4n) is 4.62. The average Bonchev–Trinajstić information content (AvgIpc) is 2.94. The summed E-state index contributed by atoms with van der Waals surface area (Å²) in [5.41, 5.74) is 4.91. The smallest absolute Gasteiger partial charge is 0.320 e. The van der Waals surface area contributed by atoms with Crippen molar-refractivity contribution in [1.82, 2.24) is 10.6 Å². The van der Waals surface area contributed by atoms with Gasteiger partial charge in [-0.25, -0.2) is 4.79 Å². The van der Waals surface area contributed by atoms with Crippen molar-refractivity contribution in [2.24, 2.45) is 0 Å². The van der Waals surface area contributed by atoms with Crippen LogP contribution < -0.4 is 15.4 Å². The quantitative estimate of drug-likeness (QED) is 0.201. The van der Waals surface area contributed by atoms with Crippen LogP contribution in [-0.4, -0.2) is 22.7 Å². The Morgan fingerprint density at radius 1 is 0.868 bits per heavy atom. The Morgan fingerprint density at radius 3 is 2.05 bits per heavy atom. The molecule has 1 aliphatic heterocycles. The first kappa shape index (κ1) is 24.6. The number of hydrogen-bond acceptors (Lipinski definition) is 5. The molecule has 190 valence electrons. The largest absolute Gasteiger partial charge is 0.500 e. The number of nitrogens with one attached hydrogen (secondary N) is 2. The Kier molecular flexibility index (Phi) is 6.78. The monoisotopic (exact) mass is 507 g/mol.